The Hall–Kier alpha value is -0.0800. The summed E-state index contributed by atoms with van der Waals surface area (Å²) in [5.74, 6) is 0. The van der Waals surface area contributed by atoms with Gasteiger partial charge in [0.05, 0.1) is 0 Å². The Kier molecular flexibility index (Phi) is 5.62. The van der Waals surface area contributed by atoms with E-state index < -0.39 is 0 Å². The van der Waals surface area contributed by atoms with Crippen molar-refractivity contribution in [1.29, 1.82) is 0 Å². The highest BCUT2D eigenvalue weighted by atomic mass is 15.2. The van der Waals surface area contributed by atoms with Crippen molar-refractivity contribution in [3.63, 3.8) is 0 Å². The van der Waals surface area contributed by atoms with E-state index in [2.05, 4.69) is 37.7 Å². The van der Waals surface area contributed by atoms with Crippen molar-refractivity contribution < 1.29 is 0 Å². The molecule has 0 radical (unpaired) electrons. The van der Waals surface area contributed by atoms with Crippen molar-refractivity contribution in [2.24, 2.45) is 0 Å². The van der Waals surface area contributed by atoms with Crippen LogP contribution in [-0.2, 0) is 0 Å². The molecule has 0 aromatic rings. The Morgan fingerprint density at radius 3 is 2.60 bits per heavy atom. The molecule has 1 fully saturated rings. The third kappa shape index (κ3) is 3.76. The number of hydrogen-bond acceptors (Lipinski definition) is 2. The minimum Gasteiger partial charge on any atom is -0.305 e. The van der Waals surface area contributed by atoms with Crippen LogP contribution in [0.3, 0.4) is 0 Å². The van der Waals surface area contributed by atoms with Gasteiger partial charge in [0.25, 0.3) is 0 Å². The second kappa shape index (κ2) is 6.49. The molecule has 0 bridgehead atoms. The van der Waals surface area contributed by atoms with E-state index in [0.717, 1.165) is 12.1 Å². The molecule has 2 atom stereocenters. The number of piperidine rings is 1. The Bertz CT molecular complexity index is 168. The van der Waals surface area contributed by atoms with Crippen LogP contribution in [0.5, 0.6) is 0 Å². The molecule has 90 valence electrons. The molecule has 2 heteroatoms. The van der Waals surface area contributed by atoms with E-state index in [-0.39, 0.29) is 0 Å². The zero-order chi connectivity index (χ0) is 11.3. The SMILES string of the molecule is CCCC(CC)N1CCCC(N(C)C)C1. The van der Waals surface area contributed by atoms with Crippen LogP contribution in [0.1, 0.15) is 46.0 Å². The second-order valence-corrected chi connectivity index (χ2v) is 5.11. The maximum absolute atomic E-state index is 2.72. The quantitative estimate of drug-likeness (QED) is 0.691. The molecule has 1 aliphatic heterocycles. The van der Waals surface area contributed by atoms with Gasteiger partial charge in [-0.2, -0.15) is 0 Å². The van der Waals surface area contributed by atoms with Crippen molar-refractivity contribution in [3.05, 3.63) is 0 Å². The van der Waals surface area contributed by atoms with Gasteiger partial charge in [-0.05, 0) is 46.3 Å². The molecule has 0 amide bonds. The Labute approximate surface area is 95.6 Å². The van der Waals surface area contributed by atoms with Crippen LogP contribution in [0.2, 0.25) is 0 Å². The zero-order valence-electron chi connectivity index (χ0n) is 11.0. The normalized spacial score (nSPS) is 25.8. The summed E-state index contributed by atoms with van der Waals surface area (Å²) in [6, 6.07) is 1.61. The topological polar surface area (TPSA) is 6.48 Å². The number of hydrogen-bond donors (Lipinski definition) is 0. The van der Waals surface area contributed by atoms with Crippen LogP contribution in [0.15, 0.2) is 0 Å². The summed E-state index contributed by atoms with van der Waals surface area (Å²) in [7, 11) is 4.43. The Balaban J connectivity index is 2.46. The Morgan fingerprint density at radius 2 is 2.07 bits per heavy atom. The van der Waals surface area contributed by atoms with E-state index in [9.17, 15) is 0 Å². The minimum absolute atomic E-state index is 0.782. The molecular formula is C13H28N2. The predicted octanol–water partition coefficient (Wildman–Crippen LogP) is 2.59. The number of likely N-dealkylation sites (tertiary alicyclic amines) is 1. The molecule has 15 heavy (non-hydrogen) atoms. The summed E-state index contributed by atoms with van der Waals surface area (Å²) >= 11 is 0. The maximum atomic E-state index is 2.72. The minimum atomic E-state index is 0.782. The fourth-order valence-corrected chi connectivity index (χ4v) is 2.71. The number of likely N-dealkylation sites (N-methyl/N-ethyl adjacent to an activating group) is 1. The van der Waals surface area contributed by atoms with Gasteiger partial charge in [0, 0.05) is 18.6 Å². The predicted molar refractivity (Wildman–Crippen MR) is 67.3 cm³/mol. The zero-order valence-corrected chi connectivity index (χ0v) is 11.0. The maximum Gasteiger partial charge on any atom is 0.0217 e. The van der Waals surface area contributed by atoms with Crippen LogP contribution >= 0.6 is 0 Å². The second-order valence-electron chi connectivity index (χ2n) is 5.11. The summed E-state index contributed by atoms with van der Waals surface area (Å²) in [6.45, 7) is 7.24. The highest BCUT2D eigenvalue weighted by molar-refractivity contribution is 4.81. The van der Waals surface area contributed by atoms with Crippen LogP contribution in [0.25, 0.3) is 0 Å². The van der Waals surface area contributed by atoms with Crippen molar-refractivity contribution in [2.75, 3.05) is 27.2 Å². The average Bonchev–Trinajstić information content (AvgIpc) is 2.26. The highest BCUT2D eigenvalue weighted by Gasteiger charge is 2.25. The van der Waals surface area contributed by atoms with Gasteiger partial charge in [0.2, 0.25) is 0 Å². The molecule has 1 rings (SSSR count). The van der Waals surface area contributed by atoms with E-state index in [1.807, 2.05) is 0 Å². The fraction of sp³-hybridized carbons (Fsp3) is 1.00. The summed E-state index contributed by atoms with van der Waals surface area (Å²) in [6.07, 6.45) is 6.77. The lowest BCUT2D eigenvalue weighted by atomic mass is 9.99. The first-order valence-corrected chi connectivity index (χ1v) is 6.59. The van der Waals surface area contributed by atoms with Crippen molar-refractivity contribution in [2.45, 2.75) is 58.0 Å². The van der Waals surface area contributed by atoms with Gasteiger partial charge in [0.15, 0.2) is 0 Å². The summed E-state index contributed by atoms with van der Waals surface area (Å²) in [5.41, 5.74) is 0. The van der Waals surface area contributed by atoms with Gasteiger partial charge in [-0.25, -0.2) is 0 Å². The summed E-state index contributed by atoms with van der Waals surface area (Å²) in [5, 5.41) is 0. The lowest BCUT2D eigenvalue weighted by Gasteiger charge is -2.40. The molecular weight excluding hydrogens is 184 g/mol. The fourth-order valence-electron chi connectivity index (χ4n) is 2.71. The third-order valence-electron chi connectivity index (χ3n) is 3.77. The third-order valence-corrected chi connectivity index (χ3v) is 3.77. The van der Waals surface area contributed by atoms with Crippen LogP contribution in [0, 0.1) is 0 Å². The highest BCUT2D eigenvalue weighted by Crippen LogP contribution is 2.19. The molecule has 2 unspecified atom stereocenters. The monoisotopic (exact) mass is 212 g/mol. The molecule has 0 saturated carbocycles. The Morgan fingerprint density at radius 1 is 1.33 bits per heavy atom. The van der Waals surface area contributed by atoms with E-state index in [1.165, 1.54) is 45.2 Å². The van der Waals surface area contributed by atoms with Gasteiger partial charge >= 0.3 is 0 Å². The smallest absolute Gasteiger partial charge is 0.0217 e. The van der Waals surface area contributed by atoms with Crippen LogP contribution < -0.4 is 0 Å². The molecule has 0 aromatic heterocycles. The first-order chi connectivity index (χ1) is 7.19. The van der Waals surface area contributed by atoms with E-state index >= 15 is 0 Å². The van der Waals surface area contributed by atoms with Gasteiger partial charge in [-0.1, -0.05) is 20.3 Å². The number of rotatable bonds is 5. The molecule has 2 nitrogen and oxygen atoms in total. The van der Waals surface area contributed by atoms with Gasteiger partial charge < -0.3 is 4.90 Å². The first-order valence-electron chi connectivity index (χ1n) is 6.59. The van der Waals surface area contributed by atoms with E-state index in [0.29, 0.717) is 0 Å². The molecule has 0 aromatic carbocycles. The lowest BCUT2D eigenvalue weighted by molar-refractivity contribution is 0.0895. The van der Waals surface area contributed by atoms with E-state index in [4.69, 9.17) is 0 Å². The number of nitrogens with zero attached hydrogens (tertiary/aromatic N) is 2. The lowest BCUT2D eigenvalue weighted by Crippen LogP contribution is -2.49. The summed E-state index contributed by atoms with van der Waals surface area (Å²) in [4.78, 5) is 5.11. The van der Waals surface area contributed by atoms with Crippen molar-refractivity contribution in [3.8, 4) is 0 Å². The van der Waals surface area contributed by atoms with Crippen LogP contribution in [-0.4, -0.2) is 49.1 Å². The molecule has 1 heterocycles. The first kappa shape index (κ1) is 13.0. The largest absolute Gasteiger partial charge is 0.305 e. The molecule has 1 saturated heterocycles. The average molecular weight is 212 g/mol. The van der Waals surface area contributed by atoms with Gasteiger partial charge in [-0.3, -0.25) is 4.90 Å². The van der Waals surface area contributed by atoms with Crippen molar-refractivity contribution >= 4 is 0 Å². The van der Waals surface area contributed by atoms with Crippen LogP contribution in [0.4, 0.5) is 0 Å². The standard InChI is InChI=1S/C13H28N2/c1-5-8-12(6-2)15-10-7-9-13(11-15)14(3)4/h12-13H,5-11H2,1-4H3. The van der Waals surface area contributed by atoms with E-state index in [1.54, 1.807) is 0 Å². The van der Waals surface area contributed by atoms with Crippen molar-refractivity contribution in [1.82, 2.24) is 9.80 Å². The van der Waals surface area contributed by atoms with Gasteiger partial charge in [0.1, 0.15) is 0 Å². The summed E-state index contributed by atoms with van der Waals surface area (Å²) < 4.78 is 0. The molecule has 0 spiro atoms. The molecule has 0 aliphatic carbocycles. The molecule has 1 aliphatic rings. The van der Waals surface area contributed by atoms with Gasteiger partial charge in [-0.15, -0.1) is 0 Å². The molecule has 0 N–H and O–H groups in total.